The Bertz CT molecular complexity index is 644. The first-order chi connectivity index (χ1) is 9.25. The maximum Gasteiger partial charge on any atom is 0.223 e. The fraction of sp³-hybridized carbons (Fsp3) is 0.286. The summed E-state index contributed by atoms with van der Waals surface area (Å²) in [5, 5.41) is 0.192. The summed E-state index contributed by atoms with van der Waals surface area (Å²) in [6, 6.07) is 5.57. The SMILES string of the molecule is CC(C)(C)c1nc(Br)cc(Oc2ccc(F)cc2Cl)n1. The molecule has 0 aliphatic heterocycles. The minimum absolute atomic E-state index is 0.192. The summed E-state index contributed by atoms with van der Waals surface area (Å²) in [7, 11) is 0. The minimum atomic E-state index is -0.415. The molecule has 0 atom stereocenters. The van der Waals surface area contributed by atoms with Gasteiger partial charge in [0.15, 0.2) is 0 Å². The van der Waals surface area contributed by atoms with Crippen LogP contribution in [-0.2, 0) is 5.41 Å². The van der Waals surface area contributed by atoms with Crippen molar-refractivity contribution < 1.29 is 9.13 Å². The van der Waals surface area contributed by atoms with Crippen LogP contribution in [-0.4, -0.2) is 9.97 Å². The van der Waals surface area contributed by atoms with Crippen molar-refractivity contribution in [1.82, 2.24) is 9.97 Å². The van der Waals surface area contributed by atoms with E-state index in [1.54, 1.807) is 6.07 Å². The standard InChI is InChI=1S/C14H13BrClFN2O/c1-14(2,3)13-18-11(15)7-12(19-13)20-10-5-4-8(17)6-9(10)16/h4-7H,1-3H3. The Morgan fingerprint density at radius 1 is 1.20 bits per heavy atom. The molecule has 2 rings (SSSR count). The van der Waals surface area contributed by atoms with Crippen molar-refractivity contribution in [3.8, 4) is 11.6 Å². The molecule has 0 saturated heterocycles. The number of halogens is 3. The van der Waals surface area contributed by atoms with Crippen LogP contribution < -0.4 is 4.74 Å². The van der Waals surface area contributed by atoms with Gasteiger partial charge in [-0.25, -0.2) is 9.37 Å². The Labute approximate surface area is 130 Å². The van der Waals surface area contributed by atoms with Gasteiger partial charge in [-0.2, -0.15) is 4.98 Å². The second-order valence-corrected chi connectivity index (χ2v) is 6.50. The molecule has 2 aromatic rings. The fourth-order valence-electron chi connectivity index (χ4n) is 1.46. The van der Waals surface area contributed by atoms with E-state index < -0.39 is 5.82 Å². The lowest BCUT2D eigenvalue weighted by Gasteiger charge is -2.17. The van der Waals surface area contributed by atoms with Crippen LogP contribution >= 0.6 is 27.5 Å². The molecule has 1 aromatic heterocycles. The molecule has 6 heteroatoms. The Balaban J connectivity index is 2.36. The van der Waals surface area contributed by atoms with Crippen LogP contribution in [0.25, 0.3) is 0 Å². The summed E-state index contributed by atoms with van der Waals surface area (Å²) < 4.78 is 19.2. The third-order valence-electron chi connectivity index (χ3n) is 2.45. The van der Waals surface area contributed by atoms with Crippen LogP contribution in [0.2, 0.25) is 5.02 Å². The van der Waals surface area contributed by atoms with Gasteiger partial charge in [-0.15, -0.1) is 0 Å². The molecule has 0 aliphatic carbocycles. The molecule has 3 nitrogen and oxygen atoms in total. The third kappa shape index (κ3) is 3.67. The van der Waals surface area contributed by atoms with E-state index in [1.807, 2.05) is 20.8 Å². The molecule has 0 unspecified atom stereocenters. The predicted molar refractivity (Wildman–Crippen MR) is 79.9 cm³/mol. The van der Waals surface area contributed by atoms with Gasteiger partial charge in [0.2, 0.25) is 5.88 Å². The van der Waals surface area contributed by atoms with Crippen LogP contribution in [0.5, 0.6) is 11.6 Å². The van der Waals surface area contributed by atoms with Crippen molar-refractivity contribution in [3.63, 3.8) is 0 Å². The summed E-state index contributed by atoms with van der Waals surface area (Å²) in [6.45, 7) is 6.01. The number of ether oxygens (including phenoxy) is 1. The highest BCUT2D eigenvalue weighted by molar-refractivity contribution is 9.10. The number of benzene rings is 1. The van der Waals surface area contributed by atoms with Gasteiger partial charge in [-0.3, -0.25) is 0 Å². The van der Waals surface area contributed by atoms with Crippen LogP contribution in [0, 0.1) is 5.82 Å². The number of hydrogen-bond donors (Lipinski definition) is 0. The first kappa shape index (κ1) is 15.2. The van der Waals surface area contributed by atoms with Crippen molar-refractivity contribution in [1.29, 1.82) is 0 Å². The van der Waals surface area contributed by atoms with Crippen molar-refractivity contribution in [2.75, 3.05) is 0 Å². The van der Waals surface area contributed by atoms with Crippen LogP contribution in [0.1, 0.15) is 26.6 Å². The quantitative estimate of drug-likeness (QED) is 0.698. The summed E-state index contributed by atoms with van der Waals surface area (Å²) in [6.07, 6.45) is 0. The van der Waals surface area contributed by atoms with Crippen molar-refractivity contribution in [2.24, 2.45) is 0 Å². The topological polar surface area (TPSA) is 35.0 Å². The average molecular weight is 360 g/mol. The van der Waals surface area contributed by atoms with Crippen molar-refractivity contribution >= 4 is 27.5 Å². The number of nitrogens with zero attached hydrogens (tertiary/aromatic N) is 2. The lowest BCUT2D eigenvalue weighted by atomic mass is 9.96. The van der Waals surface area contributed by atoms with Crippen LogP contribution in [0.3, 0.4) is 0 Å². The van der Waals surface area contributed by atoms with Crippen LogP contribution in [0.15, 0.2) is 28.9 Å². The van der Waals surface area contributed by atoms with Gasteiger partial charge in [-0.1, -0.05) is 32.4 Å². The highest BCUT2D eigenvalue weighted by atomic mass is 79.9. The van der Waals surface area contributed by atoms with E-state index in [4.69, 9.17) is 16.3 Å². The molecule has 0 bridgehead atoms. The number of hydrogen-bond acceptors (Lipinski definition) is 3. The molecule has 0 spiro atoms. The number of rotatable bonds is 2. The van der Waals surface area contributed by atoms with Gasteiger partial charge in [-0.05, 0) is 34.1 Å². The second-order valence-electron chi connectivity index (χ2n) is 5.28. The van der Waals surface area contributed by atoms with Gasteiger partial charge in [0.1, 0.15) is 22.0 Å². The molecular formula is C14H13BrClFN2O. The zero-order valence-electron chi connectivity index (χ0n) is 11.2. The lowest BCUT2D eigenvalue weighted by molar-refractivity contribution is 0.443. The third-order valence-corrected chi connectivity index (χ3v) is 3.15. The fourth-order valence-corrected chi connectivity index (χ4v) is 2.02. The zero-order valence-corrected chi connectivity index (χ0v) is 13.6. The molecule has 0 fully saturated rings. The molecule has 20 heavy (non-hydrogen) atoms. The molecule has 106 valence electrons. The molecule has 0 amide bonds. The first-order valence-corrected chi connectivity index (χ1v) is 7.11. The lowest BCUT2D eigenvalue weighted by Crippen LogP contribution is -2.16. The summed E-state index contributed by atoms with van der Waals surface area (Å²) in [5.41, 5.74) is -0.214. The van der Waals surface area contributed by atoms with Crippen LogP contribution in [0.4, 0.5) is 4.39 Å². The Kier molecular flexibility index (Phi) is 4.30. The Morgan fingerprint density at radius 3 is 2.50 bits per heavy atom. The van der Waals surface area contributed by atoms with Gasteiger partial charge in [0, 0.05) is 11.5 Å². The van der Waals surface area contributed by atoms with E-state index in [9.17, 15) is 4.39 Å². The van der Waals surface area contributed by atoms with E-state index in [0.29, 0.717) is 22.1 Å². The normalized spacial score (nSPS) is 11.5. The van der Waals surface area contributed by atoms with E-state index in [1.165, 1.54) is 18.2 Å². The summed E-state index contributed by atoms with van der Waals surface area (Å²) >= 11 is 9.25. The van der Waals surface area contributed by atoms with Crippen molar-refractivity contribution in [2.45, 2.75) is 26.2 Å². The largest absolute Gasteiger partial charge is 0.437 e. The monoisotopic (exact) mass is 358 g/mol. The maximum absolute atomic E-state index is 13.0. The van der Waals surface area contributed by atoms with Gasteiger partial charge >= 0.3 is 0 Å². The Hall–Kier alpha value is -1.20. The summed E-state index contributed by atoms with van der Waals surface area (Å²) in [5.74, 6) is 0.922. The van der Waals surface area contributed by atoms with E-state index in [0.717, 1.165) is 0 Å². The molecule has 0 aliphatic rings. The predicted octanol–water partition coefficient (Wildman–Crippen LogP) is 5.12. The van der Waals surface area contributed by atoms with E-state index >= 15 is 0 Å². The smallest absolute Gasteiger partial charge is 0.223 e. The molecule has 0 saturated carbocycles. The van der Waals surface area contributed by atoms with Gasteiger partial charge < -0.3 is 4.74 Å². The zero-order chi connectivity index (χ0) is 14.9. The van der Waals surface area contributed by atoms with E-state index in [2.05, 4.69) is 25.9 Å². The van der Waals surface area contributed by atoms with Crippen molar-refractivity contribution in [3.05, 3.63) is 45.5 Å². The molecule has 0 N–H and O–H groups in total. The highest BCUT2D eigenvalue weighted by Crippen LogP contribution is 2.31. The highest BCUT2D eigenvalue weighted by Gasteiger charge is 2.19. The minimum Gasteiger partial charge on any atom is -0.437 e. The molecular weight excluding hydrogens is 347 g/mol. The van der Waals surface area contributed by atoms with Gasteiger partial charge in [0.25, 0.3) is 0 Å². The molecule has 0 radical (unpaired) electrons. The number of aromatic nitrogens is 2. The molecule has 1 heterocycles. The average Bonchev–Trinajstić information content (AvgIpc) is 2.31. The Morgan fingerprint density at radius 2 is 1.90 bits per heavy atom. The first-order valence-electron chi connectivity index (χ1n) is 5.94. The van der Waals surface area contributed by atoms with E-state index in [-0.39, 0.29) is 10.4 Å². The molecule has 1 aromatic carbocycles. The second kappa shape index (κ2) is 5.66. The summed E-state index contributed by atoms with van der Waals surface area (Å²) in [4.78, 5) is 8.66. The van der Waals surface area contributed by atoms with Gasteiger partial charge in [0.05, 0.1) is 5.02 Å². The maximum atomic E-state index is 13.0.